The van der Waals surface area contributed by atoms with E-state index in [1.165, 1.54) is 29.9 Å². The molecule has 0 radical (unpaired) electrons. The van der Waals surface area contributed by atoms with Gasteiger partial charge in [0.2, 0.25) is 0 Å². The van der Waals surface area contributed by atoms with Gasteiger partial charge in [-0.1, -0.05) is 6.07 Å². The molecule has 1 aromatic rings. The van der Waals surface area contributed by atoms with Crippen LogP contribution in [0.1, 0.15) is 32.3 Å². The highest BCUT2D eigenvalue weighted by atomic mass is 32.2. The summed E-state index contributed by atoms with van der Waals surface area (Å²) in [5.41, 5.74) is 1.22. The number of aliphatic hydroxyl groups is 1. The van der Waals surface area contributed by atoms with E-state index in [4.69, 9.17) is 9.47 Å². The Hall–Kier alpha value is -0.950. The van der Waals surface area contributed by atoms with E-state index in [0.717, 1.165) is 12.3 Å². The summed E-state index contributed by atoms with van der Waals surface area (Å²) in [5.74, 6) is 3.94. The summed E-state index contributed by atoms with van der Waals surface area (Å²) in [6, 6.07) is 7.17. The number of ether oxygens (including phenoxy) is 2. The molecule has 1 fully saturated rings. The molecule has 1 aliphatic rings. The first-order chi connectivity index (χ1) is 12.9. The van der Waals surface area contributed by atoms with Crippen LogP contribution >= 0.6 is 11.8 Å². The van der Waals surface area contributed by atoms with Gasteiger partial charge in [0.1, 0.15) is 12.7 Å². The van der Waals surface area contributed by atoms with Gasteiger partial charge in [-0.2, -0.15) is 11.8 Å². The van der Waals surface area contributed by atoms with Crippen LogP contribution in [0.3, 0.4) is 0 Å². The molecular formula is C21H36N2O3S. The predicted octanol–water partition coefficient (Wildman–Crippen LogP) is 3.10. The number of rotatable bonds is 10. The lowest BCUT2D eigenvalue weighted by molar-refractivity contribution is 0.0668. The number of likely N-dealkylation sites (N-methyl/N-ethyl adjacent to an activating group) is 1. The van der Waals surface area contributed by atoms with Gasteiger partial charge in [0, 0.05) is 25.2 Å². The molecule has 1 atom stereocenters. The predicted molar refractivity (Wildman–Crippen MR) is 114 cm³/mol. The summed E-state index contributed by atoms with van der Waals surface area (Å²) in [4.78, 5) is 4.55. The van der Waals surface area contributed by atoms with E-state index >= 15 is 0 Å². The number of hydrogen-bond donors (Lipinski definition) is 1. The van der Waals surface area contributed by atoms with Crippen molar-refractivity contribution in [1.29, 1.82) is 0 Å². The van der Waals surface area contributed by atoms with Crippen LogP contribution in [-0.4, -0.2) is 79.0 Å². The van der Waals surface area contributed by atoms with E-state index < -0.39 is 6.10 Å². The molecule has 2 rings (SSSR count). The number of hydrogen-bond acceptors (Lipinski definition) is 6. The van der Waals surface area contributed by atoms with Crippen molar-refractivity contribution in [2.75, 3.05) is 45.9 Å². The fourth-order valence-corrected chi connectivity index (χ4v) is 4.34. The second-order valence-electron chi connectivity index (χ2n) is 7.74. The second kappa shape index (κ2) is 11.1. The van der Waals surface area contributed by atoms with Crippen molar-refractivity contribution in [2.24, 2.45) is 0 Å². The maximum Gasteiger partial charge on any atom is 0.161 e. The third kappa shape index (κ3) is 7.18. The lowest BCUT2D eigenvalue weighted by Gasteiger charge is -2.31. The van der Waals surface area contributed by atoms with Gasteiger partial charge in [-0.05, 0) is 70.0 Å². The molecule has 1 N–H and O–H groups in total. The summed E-state index contributed by atoms with van der Waals surface area (Å²) >= 11 is 2.06. The Morgan fingerprint density at radius 1 is 1.19 bits per heavy atom. The molecule has 6 heteroatoms. The van der Waals surface area contributed by atoms with Crippen LogP contribution in [0.15, 0.2) is 18.2 Å². The zero-order valence-electron chi connectivity index (χ0n) is 17.5. The van der Waals surface area contributed by atoms with Crippen LogP contribution in [0.2, 0.25) is 0 Å². The van der Waals surface area contributed by atoms with Gasteiger partial charge in [-0.3, -0.25) is 4.90 Å². The number of benzene rings is 1. The summed E-state index contributed by atoms with van der Waals surface area (Å²) < 4.78 is 11.4. The van der Waals surface area contributed by atoms with Crippen LogP contribution in [0.25, 0.3) is 0 Å². The fourth-order valence-electron chi connectivity index (χ4n) is 3.25. The topological polar surface area (TPSA) is 45.2 Å². The molecule has 0 aromatic heterocycles. The molecule has 1 unspecified atom stereocenters. The highest BCUT2D eigenvalue weighted by Crippen LogP contribution is 2.29. The third-order valence-corrected chi connectivity index (χ3v) is 6.33. The van der Waals surface area contributed by atoms with Crippen LogP contribution in [0.4, 0.5) is 0 Å². The Morgan fingerprint density at radius 2 is 1.89 bits per heavy atom. The fraction of sp³-hybridized carbons (Fsp3) is 0.714. The largest absolute Gasteiger partial charge is 0.493 e. The summed E-state index contributed by atoms with van der Waals surface area (Å²) in [6.45, 7) is 5.97. The Morgan fingerprint density at radius 3 is 2.52 bits per heavy atom. The Labute approximate surface area is 169 Å². The quantitative estimate of drug-likeness (QED) is 0.656. The molecule has 0 spiro atoms. The maximum atomic E-state index is 10.2. The molecule has 5 nitrogen and oxygen atoms in total. The zero-order chi connectivity index (χ0) is 19.8. The van der Waals surface area contributed by atoms with Gasteiger partial charge < -0.3 is 19.5 Å². The molecular weight excluding hydrogens is 360 g/mol. The molecule has 154 valence electrons. The molecule has 0 bridgehead atoms. The van der Waals surface area contributed by atoms with E-state index in [2.05, 4.69) is 54.6 Å². The number of aliphatic hydroxyl groups excluding tert-OH is 1. The average molecular weight is 397 g/mol. The minimum Gasteiger partial charge on any atom is -0.493 e. The first-order valence-electron chi connectivity index (χ1n) is 9.86. The minimum atomic E-state index is -0.530. The van der Waals surface area contributed by atoms with Crippen LogP contribution < -0.4 is 9.47 Å². The summed E-state index contributed by atoms with van der Waals surface area (Å²) in [6.07, 6.45) is 2.00. The van der Waals surface area contributed by atoms with Crippen LogP contribution in [0.5, 0.6) is 11.5 Å². The number of nitrogens with zero attached hydrogens (tertiary/aromatic N) is 2. The first kappa shape index (κ1) is 22.3. The third-order valence-electron chi connectivity index (χ3n) is 5.29. The van der Waals surface area contributed by atoms with Crippen molar-refractivity contribution in [3.8, 4) is 11.5 Å². The van der Waals surface area contributed by atoms with Crippen molar-refractivity contribution >= 4 is 11.8 Å². The molecule has 1 saturated heterocycles. The zero-order valence-corrected chi connectivity index (χ0v) is 18.3. The van der Waals surface area contributed by atoms with Crippen molar-refractivity contribution < 1.29 is 14.6 Å². The Bertz CT molecular complexity index is 564. The normalized spacial score (nSPS) is 16.9. The second-order valence-corrected chi connectivity index (χ2v) is 8.97. The average Bonchev–Trinajstić information content (AvgIpc) is 2.67. The van der Waals surface area contributed by atoms with E-state index in [9.17, 15) is 5.11 Å². The molecule has 0 saturated carbocycles. The van der Waals surface area contributed by atoms with E-state index in [0.29, 0.717) is 24.4 Å². The summed E-state index contributed by atoms with van der Waals surface area (Å²) in [7, 11) is 5.88. The van der Waals surface area contributed by atoms with Crippen LogP contribution in [-0.2, 0) is 6.54 Å². The van der Waals surface area contributed by atoms with Gasteiger partial charge in [-0.15, -0.1) is 0 Å². The van der Waals surface area contributed by atoms with Gasteiger partial charge in [0.25, 0.3) is 0 Å². The monoisotopic (exact) mass is 396 g/mol. The maximum absolute atomic E-state index is 10.2. The Balaban J connectivity index is 1.91. The van der Waals surface area contributed by atoms with E-state index in [-0.39, 0.29) is 6.61 Å². The minimum absolute atomic E-state index is 0.256. The van der Waals surface area contributed by atoms with E-state index in [1.807, 2.05) is 13.1 Å². The molecule has 0 aliphatic carbocycles. The molecule has 1 heterocycles. The lowest BCUT2D eigenvalue weighted by atomic mass is 10.1. The van der Waals surface area contributed by atoms with E-state index in [1.54, 1.807) is 7.11 Å². The van der Waals surface area contributed by atoms with Crippen molar-refractivity contribution in [2.45, 2.75) is 51.4 Å². The SMILES string of the molecule is COc1cc(CN(C)C2CCSCC2)ccc1OCC(O)CN(C)C(C)C. The van der Waals surface area contributed by atoms with Gasteiger partial charge >= 0.3 is 0 Å². The smallest absolute Gasteiger partial charge is 0.161 e. The van der Waals surface area contributed by atoms with Crippen molar-refractivity contribution in [3.63, 3.8) is 0 Å². The molecule has 27 heavy (non-hydrogen) atoms. The standard InChI is InChI=1S/C21H36N2O3S/c1-16(2)22(3)14-19(24)15-26-20-7-6-17(12-21(20)25-5)13-23(4)18-8-10-27-11-9-18/h6-7,12,16,18-19,24H,8-11,13-15H2,1-5H3. The highest BCUT2D eigenvalue weighted by molar-refractivity contribution is 7.99. The molecule has 0 amide bonds. The molecule has 1 aromatic carbocycles. The highest BCUT2D eigenvalue weighted by Gasteiger charge is 2.19. The lowest BCUT2D eigenvalue weighted by Crippen LogP contribution is -2.37. The first-order valence-corrected chi connectivity index (χ1v) is 11.0. The van der Waals surface area contributed by atoms with Gasteiger partial charge in [0.15, 0.2) is 11.5 Å². The van der Waals surface area contributed by atoms with Gasteiger partial charge in [0.05, 0.1) is 7.11 Å². The molecule has 1 aliphatic heterocycles. The van der Waals surface area contributed by atoms with Crippen molar-refractivity contribution in [1.82, 2.24) is 9.80 Å². The number of methoxy groups -OCH3 is 1. The van der Waals surface area contributed by atoms with Crippen LogP contribution in [0, 0.1) is 0 Å². The van der Waals surface area contributed by atoms with Crippen molar-refractivity contribution in [3.05, 3.63) is 23.8 Å². The van der Waals surface area contributed by atoms with Gasteiger partial charge in [-0.25, -0.2) is 0 Å². The Kier molecular flexibility index (Phi) is 9.22. The summed E-state index contributed by atoms with van der Waals surface area (Å²) in [5, 5.41) is 10.2. The number of thioether (sulfide) groups is 1.